The lowest BCUT2D eigenvalue weighted by molar-refractivity contribution is 0.549. The van der Waals surface area contributed by atoms with Crippen LogP contribution >= 0.6 is 0 Å². The molecule has 0 radical (unpaired) electrons. The SMILES string of the molecule is Cc1cc(C)c2c(c1)-c1c(c(=O)oc3ccccc13)CC2. The van der Waals surface area contributed by atoms with Crippen LogP contribution in [-0.4, -0.2) is 0 Å². The van der Waals surface area contributed by atoms with Crippen LogP contribution in [0.3, 0.4) is 0 Å². The quantitative estimate of drug-likeness (QED) is 0.577. The second kappa shape index (κ2) is 4.32. The summed E-state index contributed by atoms with van der Waals surface area (Å²) < 4.78 is 5.48. The highest BCUT2D eigenvalue weighted by Gasteiger charge is 2.23. The van der Waals surface area contributed by atoms with Gasteiger partial charge >= 0.3 is 5.63 Å². The molecule has 1 aliphatic carbocycles. The Labute approximate surface area is 123 Å². The van der Waals surface area contributed by atoms with E-state index in [0.29, 0.717) is 5.58 Å². The second-order valence-corrected chi connectivity index (χ2v) is 5.85. The number of benzene rings is 2. The molecular formula is C19H16O2. The Bertz CT molecular complexity index is 932. The van der Waals surface area contributed by atoms with E-state index in [2.05, 4.69) is 26.0 Å². The lowest BCUT2D eigenvalue weighted by Crippen LogP contribution is -2.16. The molecule has 0 saturated carbocycles. The van der Waals surface area contributed by atoms with Crippen LogP contribution in [0.1, 0.15) is 22.3 Å². The Kier molecular flexibility index (Phi) is 2.55. The molecule has 21 heavy (non-hydrogen) atoms. The molecule has 1 heterocycles. The predicted molar refractivity (Wildman–Crippen MR) is 84.8 cm³/mol. The fourth-order valence-corrected chi connectivity index (χ4v) is 3.53. The Morgan fingerprint density at radius 1 is 1.00 bits per heavy atom. The largest absolute Gasteiger partial charge is 0.422 e. The van der Waals surface area contributed by atoms with Gasteiger partial charge in [0.2, 0.25) is 0 Å². The van der Waals surface area contributed by atoms with E-state index in [-0.39, 0.29) is 5.63 Å². The van der Waals surface area contributed by atoms with Crippen molar-refractivity contribution in [2.75, 3.05) is 0 Å². The first-order chi connectivity index (χ1) is 10.1. The number of para-hydroxylation sites is 1. The van der Waals surface area contributed by atoms with E-state index < -0.39 is 0 Å². The first-order valence-corrected chi connectivity index (χ1v) is 7.30. The summed E-state index contributed by atoms with van der Waals surface area (Å²) in [6, 6.07) is 12.2. The molecule has 2 nitrogen and oxygen atoms in total. The van der Waals surface area contributed by atoms with Gasteiger partial charge in [-0.25, -0.2) is 4.79 Å². The Morgan fingerprint density at radius 3 is 2.62 bits per heavy atom. The average Bonchev–Trinajstić information content (AvgIpc) is 2.46. The fourth-order valence-electron chi connectivity index (χ4n) is 3.53. The monoisotopic (exact) mass is 276 g/mol. The summed E-state index contributed by atoms with van der Waals surface area (Å²) in [6.45, 7) is 4.26. The molecule has 0 N–H and O–H groups in total. The van der Waals surface area contributed by atoms with Crippen molar-refractivity contribution in [1.82, 2.24) is 0 Å². The zero-order valence-electron chi connectivity index (χ0n) is 12.2. The molecule has 1 aliphatic rings. The van der Waals surface area contributed by atoms with Crippen molar-refractivity contribution in [2.45, 2.75) is 26.7 Å². The summed E-state index contributed by atoms with van der Waals surface area (Å²) in [7, 11) is 0. The highest BCUT2D eigenvalue weighted by Crippen LogP contribution is 2.38. The molecule has 0 unspecified atom stereocenters. The minimum atomic E-state index is -0.187. The van der Waals surface area contributed by atoms with Crippen LogP contribution < -0.4 is 5.63 Å². The third-order valence-corrected chi connectivity index (χ3v) is 4.42. The molecular weight excluding hydrogens is 260 g/mol. The third-order valence-electron chi connectivity index (χ3n) is 4.42. The van der Waals surface area contributed by atoms with Gasteiger partial charge in [0.15, 0.2) is 0 Å². The normalized spacial score (nSPS) is 13.0. The van der Waals surface area contributed by atoms with Crippen LogP contribution in [0.5, 0.6) is 0 Å². The van der Waals surface area contributed by atoms with Crippen LogP contribution in [0, 0.1) is 13.8 Å². The molecule has 2 heteroatoms. The second-order valence-electron chi connectivity index (χ2n) is 5.85. The zero-order chi connectivity index (χ0) is 14.6. The maximum absolute atomic E-state index is 12.3. The minimum Gasteiger partial charge on any atom is -0.422 e. The Hall–Kier alpha value is -2.35. The third kappa shape index (κ3) is 1.75. The molecule has 0 atom stereocenters. The van der Waals surface area contributed by atoms with Crippen molar-refractivity contribution in [2.24, 2.45) is 0 Å². The number of aryl methyl sites for hydroxylation is 2. The molecule has 0 spiro atoms. The molecule has 0 saturated heterocycles. The number of hydrogen-bond acceptors (Lipinski definition) is 2. The Balaban J connectivity index is 2.21. The summed E-state index contributed by atoms with van der Waals surface area (Å²) in [4.78, 5) is 12.3. The number of hydrogen-bond donors (Lipinski definition) is 0. The van der Waals surface area contributed by atoms with Crippen LogP contribution in [0.25, 0.3) is 22.1 Å². The van der Waals surface area contributed by atoms with Gasteiger partial charge in [-0.15, -0.1) is 0 Å². The van der Waals surface area contributed by atoms with E-state index in [9.17, 15) is 4.79 Å². The summed E-state index contributed by atoms with van der Waals surface area (Å²) in [5, 5.41) is 1.04. The zero-order valence-corrected chi connectivity index (χ0v) is 12.2. The molecule has 3 aromatic rings. The van der Waals surface area contributed by atoms with Gasteiger partial charge in [-0.1, -0.05) is 35.9 Å². The van der Waals surface area contributed by atoms with Gasteiger partial charge in [0, 0.05) is 16.5 Å². The summed E-state index contributed by atoms with van der Waals surface area (Å²) in [5.41, 5.74) is 7.51. The molecule has 4 rings (SSSR count). The van der Waals surface area contributed by atoms with Gasteiger partial charge in [-0.05, 0) is 49.4 Å². The van der Waals surface area contributed by atoms with Gasteiger partial charge in [-0.3, -0.25) is 0 Å². The molecule has 0 bridgehead atoms. The molecule has 1 aromatic heterocycles. The maximum atomic E-state index is 12.3. The standard InChI is InChI=1S/C19H16O2/c1-11-9-12(2)13-7-8-15-18(16(13)10-11)14-5-3-4-6-17(14)21-19(15)20/h3-6,9-10H,7-8H2,1-2H3. The van der Waals surface area contributed by atoms with Crippen molar-refractivity contribution in [1.29, 1.82) is 0 Å². The van der Waals surface area contributed by atoms with Gasteiger partial charge in [-0.2, -0.15) is 0 Å². The molecule has 2 aromatic carbocycles. The molecule has 0 aliphatic heterocycles. The van der Waals surface area contributed by atoms with Crippen LogP contribution in [-0.2, 0) is 12.8 Å². The summed E-state index contributed by atoms with van der Waals surface area (Å²) in [5.74, 6) is 0. The van der Waals surface area contributed by atoms with Gasteiger partial charge in [0.1, 0.15) is 5.58 Å². The summed E-state index contributed by atoms with van der Waals surface area (Å²) in [6.07, 6.45) is 1.68. The van der Waals surface area contributed by atoms with Crippen molar-refractivity contribution >= 4 is 11.0 Å². The van der Waals surface area contributed by atoms with E-state index in [1.807, 2.05) is 24.3 Å². The molecule has 0 fully saturated rings. The number of fused-ring (bicyclic) bond motifs is 5. The highest BCUT2D eigenvalue weighted by atomic mass is 16.4. The summed E-state index contributed by atoms with van der Waals surface area (Å²) >= 11 is 0. The van der Waals surface area contributed by atoms with Gasteiger partial charge in [0.05, 0.1) is 0 Å². The maximum Gasteiger partial charge on any atom is 0.340 e. The van der Waals surface area contributed by atoms with Crippen LogP contribution in [0.2, 0.25) is 0 Å². The van der Waals surface area contributed by atoms with E-state index >= 15 is 0 Å². The first-order valence-electron chi connectivity index (χ1n) is 7.30. The molecule has 104 valence electrons. The van der Waals surface area contributed by atoms with E-state index in [0.717, 1.165) is 29.4 Å². The van der Waals surface area contributed by atoms with E-state index in [4.69, 9.17) is 4.42 Å². The van der Waals surface area contributed by atoms with Gasteiger partial charge < -0.3 is 4.42 Å². The lowest BCUT2D eigenvalue weighted by Gasteiger charge is -2.22. The van der Waals surface area contributed by atoms with Crippen molar-refractivity contribution < 1.29 is 4.42 Å². The lowest BCUT2D eigenvalue weighted by atomic mass is 9.82. The van der Waals surface area contributed by atoms with Crippen molar-refractivity contribution in [3.63, 3.8) is 0 Å². The van der Waals surface area contributed by atoms with Crippen LogP contribution in [0.15, 0.2) is 45.6 Å². The topological polar surface area (TPSA) is 30.2 Å². The van der Waals surface area contributed by atoms with Crippen LogP contribution in [0.4, 0.5) is 0 Å². The first kappa shape index (κ1) is 12.4. The highest BCUT2D eigenvalue weighted by molar-refractivity contribution is 5.96. The molecule has 0 amide bonds. The van der Waals surface area contributed by atoms with Crippen molar-refractivity contribution in [3.05, 3.63) is 69.1 Å². The average molecular weight is 276 g/mol. The van der Waals surface area contributed by atoms with E-state index in [1.54, 1.807) is 0 Å². The smallest absolute Gasteiger partial charge is 0.340 e. The van der Waals surface area contributed by atoms with E-state index in [1.165, 1.54) is 22.3 Å². The Morgan fingerprint density at radius 2 is 1.76 bits per heavy atom. The number of rotatable bonds is 0. The van der Waals surface area contributed by atoms with Crippen molar-refractivity contribution in [3.8, 4) is 11.1 Å². The fraction of sp³-hybridized carbons (Fsp3) is 0.211. The van der Waals surface area contributed by atoms with Gasteiger partial charge in [0.25, 0.3) is 0 Å². The predicted octanol–water partition coefficient (Wildman–Crippen LogP) is 4.18. The minimum absolute atomic E-state index is 0.187.